The summed E-state index contributed by atoms with van der Waals surface area (Å²) in [4.78, 5) is 27.1. The van der Waals surface area contributed by atoms with E-state index in [1.165, 1.54) is 0 Å². The maximum atomic E-state index is 12.7. The molecule has 142 valence electrons. The van der Waals surface area contributed by atoms with Gasteiger partial charge < -0.3 is 16.0 Å². The fraction of sp³-hybridized carbons (Fsp3) is 0.421. The average Bonchev–Trinajstić information content (AvgIpc) is 2.95. The number of aromatic nitrogens is 2. The van der Waals surface area contributed by atoms with Crippen molar-refractivity contribution in [1.29, 1.82) is 0 Å². The van der Waals surface area contributed by atoms with Crippen LogP contribution in [0.15, 0.2) is 30.5 Å². The highest BCUT2D eigenvalue weighted by molar-refractivity contribution is 6.06. The van der Waals surface area contributed by atoms with E-state index in [1.54, 1.807) is 10.9 Å². The van der Waals surface area contributed by atoms with Crippen LogP contribution in [-0.2, 0) is 16.6 Å². The van der Waals surface area contributed by atoms with Crippen molar-refractivity contribution >= 4 is 28.9 Å². The topological polar surface area (TPSA) is 91.3 Å². The summed E-state index contributed by atoms with van der Waals surface area (Å²) in [5, 5.41) is 13.6. The lowest BCUT2D eigenvalue weighted by Crippen LogP contribution is -2.58. The molecule has 27 heavy (non-hydrogen) atoms. The smallest absolute Gasteiger partial charge is 0.250 e. The molecule has 1 spiro atoms. The molecule has 1 aromatic heterocycles. The first-order valence-corrected chi connectivity index (χ1v) is 9.16. The highest BCUT2D eigenvalue weighted by atomic mass is 16.2. The highest BCUT2D eigenvalue weighted by Crippen LogP contribution is 2.36. The van der Waals surface area contributed by atoms with Crippen molar-refractivity contribution in [3.05, 3.63) is 36.2 Å². The van der Waals surface area contributed by atoms with Crippen LogP contribution in [0.5, 0.6) is 0 Å². The van der Waals surface area contributed by atoms with Gasteiger partial charge in [-0.3, -0.25) is 19.2 Å². The van der Waals surface area contributed by atoms with E-state index in [0.717, 1.165) is 22.8 Å². The number of nitrogens with zero attached hydrogens (tertiary/aromatic N) is 3. The number of likely N-dealkylation sites (tertiary alicyclic amines) is 1. The summed E-state index contributed by atoms with van der Waals surface area (Å²) in [5.74, 6) is -0.0512. The minimum Gasteiger partial charge on any atom is -0.369 e. The normalized spacial score (nSPS) is 18.5. The molecule has 4 rings (SSSR count). The third-order valence-corrected chi connectivity index (χ3v) is 5.35. The number of anilines is 3. The van der Waals surface area contributed by atoms with Gasteiger partial charge in [0.15, 0.2) is 0 Å². The summed E-state index contributed by atoms with van der Waals surface area (Å²) >= 11 is 0. The van der Waals surface area contributed by atoms with Gasteiger partial charge >= 0.3 is 0 Å². The van der Waals surface area contributed by atoms with Crippen molar-refractivity contribution in [1.82, 2.24) is 14.7 Å². The van der Waals surface area contributed by atoms with Gasteiger partial charge in [-0.25, -0.2) is 0 Å². The third-order valence-electron chi connectivity index (χ3n) is 5.35. The van der Waals surface area contributed by atoms with Crippen LogP contribution in [0.4, 0.5) is 17.1 Å². The van der Waals surface area contributed by atoms with Crippen LogP contribution in [0.3, 0.4) is 0 Å². The zero-order valence-corrected chi connectivity index (χ0v) is 15.6. The Morgan fingerprint density at radius 3 is 2.63 bits per heavy atom. The van der Waals surface area contributed by atoms with Crippen molar-refractivity contribution in [3.8, 4) is 0 Å². The van der Waals surface area contributed by atoms with Gasteiger partial charge in [-0.15, -0.1) is 0 Å². The molecule has 1 aromatic carbocycles. The van der Waals surface area contributed by atoms with Gasteiger partial charge in [-0.05, 0) is 31.9 Å². The molecule has 8 heteroatoms. The summed E-state index contributed by atoms with van der Waals surface area (Å²) in [6.45, 7) is 3.54. The molecule has 3 N–H and O–H groups in total. The average molecular weight is 368 g/mol. The summed E-state index contributed by atoms with van der Waals surface area (Å²) in [6, 6.07) is 7.74. The molecule has 0 saturated carbocycles. The van der Waals surface area contributed by atoms with E-state index in [0.29, 0.717) is 32.5 Å². The van der Waals surface area contributed by atoms with E-state index in [9.17, 15) is 9.59 Å². The SMILES string of the molecule is Cc1nn(C)cc1NC(=O)CN1CCC2(CC1)Nc1ccccc1NC2=O. The Hall–Kier alpha value is -2.87. The second-order valence-corrected chi connectivity index (χ2v) is 7.33. The summed E-state index contributed by atoms with van der Waals surface area (Å²) < 4.78 is 1.68. The van der Waals surface area contributed by atoms with E-state index in [-0.39, 0.29) is 11.8 Å². The highest BCUT2D eigenvalue weighted by Gasteiger charge is 2.44. The molecule has 2 aliphatic rings. The number of benzene rings is 1. The minimum atomic E-state index is -0.596. The molecule has 2 amide bonds. The monoisotopic (exact) mass is 368 g/mol. The largest absolute Gasteiger partial charge is 0.369 e. The predicted octanol–water partition coefficient (Wildman–Crippen LogP) is 1.57. The maximum absolute atomic E-state index is 12.7. The van der Waals surface area contributed by atoms with Gasteiger partial charge in [-0.1, -0.05) is 12.1 Å². The number of para-hydroxylation sites is 2. The van der Waals surface area contributed by atoms with Crippen LogP contribution in [0.1, 0.15) is 18.5 Å². The Labute approximate surface area is 157 Å². The predicted molar refractivity (Wildman–Crippen MR) is 104 cm³/mol. The fourth-order valence-electron chi connectivity index (χ4n) is 3.82. The number of amides is 2. The van der Waals surface area contributed by atoms with Crippen molar-refractivity contribution in [2.75, 3.05) is 35.6 Å². The molecule has 8 nitrogen and oxygen atoms in total. The zero-order chi connectivity index (χ0) is 19.0. The fourth-order valence-corrected chi connectivity index (χ4v) is 3.82. The molecule has 0 aliphatic carbocycles. The van der Waals surface area contributed by atoms with E-state index >= 15 is 0 Å². The Morgan fingerprint density at radius 2 is 1.96 bits per heavy atom. The number of carbonyl (C=O) groups is 2. The van der Waals surface area contributed by atoms with Crippen LogP contribution in [-0.4, -0.2) is 51.7 Å². The third kappa shape index (κ3) is 3.40. The second-order valence-electron chi connectivity index (χ2n) is 7.33. The molecule has 0 atom stereocenters. The van der Waals surface area contributed by atoms with Crippen molar-refractivity contribution in [2.24, 2.45) is 7.05 Å². The molecule has 1 saturated heterocycles. The van der Waals surface area contributed by atoms with Crippen molar-refractivity contribution < 1.29 is 9.59 Å². The number of fused-ring (bicyclic) bond motifs is 1. The molecule has 2 aliphatic heterocycles. The van der Waals surface area contributed by atoms with Gasteiger partial charge in [0.05, 0.1) is 29.3 Å². The van der Waals surface area contributed by atoms with Gasteiger partial charge in [0.25, 0.3) is 0 Å². The van der Waals surface area contributed by atoms with E-state index in [2.05, 4.69) is 25.9 Å². The molecule has 0 radical (unpaired) electrons. The Balaban J connectivity index is 1.36. The number of hydrogen-bond donors (Lipinski definition) is 3. The van der Waals surface area contributed by atoms with Gasteiger partial charge in [0.2, 0.25) is 11.8 Å². The number of piperidine rings is 1. The number of carbonyl (C=O) groups excluding carboxylic acids is 2. The van der Waals surface area contributed by atoms with Crippen LogP contribution in [0.25, 0.3) is 0 Å². The molecule has 0 unspecified atom stereocenters. The summed E-state index contributed by atoms with van der Waals surface area (Å²) in [7, 11) is 1.83. The van der Waals surface area contributed by atoms with Crippen LogP contribution in [0.2, 0.25) is 0 Å². The lowest BCUT2D eigenvalue weighted by molar-refractivity contribution is -0.122. The summed E-state index contributed by atoms with van der Waals surface area (Å²) in [6.07, 6.45) is 3.12. The van der Waals surface area contributed by atoms with Crippen molar-refractivity contribution in [2.45, 2.75) is 25.3 Å². The van der Waals surface area contributed by atoms with E-state index < -0.39 is 5.54 Å². The van der Waals surface area contributed by atoms with Gasteiger partial charge in [0.1, 0.15) is 5.54 Å². The van der Waals surface area contributed by atoms with E-state index in [4.69, 9.17) is 0 Å². The first-order valence-electron chi connectivity index (χ1n) is 9.16. The van der Waals surface area contributed by atoms with Crippen LogP contribution >= 0.6 is 0 Å². The van der Waals surface area contributed by atoms with E-state index in [1.807, 2.05) is 38.2 Å². The Bertz CT molecular complexity index is 882. The zero-order valence-electron chi connectivity index (χ0n) is 15.6. The van der Waals surface area contributed by atoms with Crippen molar-refractivity contribution in [3.63, 3.8) is 0 Å². The molecular formula is C19H24N6O2. The number of rotatable bonds is 3. The van der Waals surface area contributed by atoms with Gasteiger partial charge in [0, 0.05) is 26.3 Å². The first-order chi connectivity index (χ1) is 12.9. The number of aryl methyl sites for hydroxylation is 2. The van der Waals surface area contributed by atoms with Crippen LogP contribution < -0.4 is 16.0 Å². The summed E-state index contributed by atoms with van der Waals surface area (Å²) in [5.41, 5.74) is 2.71. The molecule has 1 fully saturated rings. The number of hydrogen-bond acceptors (Lipinski definition) is 5. The quantitative estimate of drug-likeness (QED) is 0.765. The van der Waals surface area contributed by atoms with Crippen LogP contribution in [0, 0.1) is 6.92 Å². The maximum Gasteiger partial charge on any atom is 0.250 e. The Morgan fingerprint density at radius 1 is 1.26 bits per heavy atom. The number of nitrogens with one attached hydrogen (secondary N) is 3. The minimum absolute atomic E-state index is 0.0105. The molecule has 2 aromatic rings. The molecular weight excluding hydrogens is 344 g/mol. The Kier molecular flexibility index (Phi) is 4.35. The molecule has 0 bridgehead atoms. The lowest BCUT2D eigenvalue weighted by Gasteiger charge is -2.44. The molecule has 3 heterocycles. The second kappa shape index (κ2) is 6.70. The first kappa shape index (κ1) is 17.5. The van der Waals surface area contributed by atoms with Gasteiger partial charge in [-0.2, -0.15) is 5.10 Å². The lowest BCUT2D eigenvalue weighted by atomic mass is 9.84. The standard InChI is InChI=1S/C19H24N6O2/c1-13-16(11-24(2)23-13)20-17(26)12-25-9-7-19(8-10-25)18(27)21-14-5-3-4-6-15(14)22-19/h3-6,11,22H,7-10,12H2,1-2H3,(H,20,26)(H,21,27).